The van der Waals surface area contributed by atoms with Crippen LogP contribution < -0.4 is 16.4 Å². The molecule has 0 spiro atoms. The number of urea groups is 1. The minimum atomic E-state index is -4.72. The molecule has 0 fully saturated rings. The molecule has 0 aliphatic heterocycles. The van der Waals surface area contributed by atoms with Crippen LogP contribution in [0.15, 0.2) is 42.7 Å². The van der Waals surface area contributed by atoms with E-state index in [1.165, 1.54) is 18.5 Å². The van der Waals surface area contributed by atoms with Crippen molar-refractivity contribution in [3.05, 3.63) is 59.9 Å². The summed E-state index contributed by atoms with van der Waals surface area (Å²) in [5, 5.41) is 9.03. The van der Waals surface area contributed by atoms with E-state index in [9.17, 15) is 22.4 Å². The van der Waals surface area contributed by atoms with Gasteiger partial charge < -0.3 is 16.4 Å². The van der Waals surface area contributed by atoms with Crippen LogP contribution in [0.5, 0.6) is 0 Å². The Morgan fingerprint density at radius 1 is 1.03 bits per heavy atom. The molecule has 4 rings (SSSR count). The van der Waals surface area contributed by atoms with E-state index in [1.54, 1.807) is 4.68 Å². The van der Waals surface area contributed by atoms with Crippen LogP contribution in [-0.2, 0) is 6.18 Å². The molecule has 0 bridgehead atoms. The highest BCUT2D eigenvalue weighted by atomic mass is 19.4. The van der Waals surface area contributed by atoms with Crippen LogP contribution in [0.4, 0.5) is 43.9 Å². The Kier molecular flexibility index (Phi) is 6.01. The summed E-state index contributed by atoms with van der Waals surface area (Å²) < 4.78 is 69.1. The van der Waals surface area contributed by atoms with Gasteiger partial charge in [-0.05, 0) is 50.2 Å². The van der Waals surface area contributed by atoms with Crippen LogP contribution in [0.3, 0.4) is 0 Å². The monoisotopic (exact) mass is 491 g/mol. The van der Waals surface area contributed by atoms with Crippen molar-refractivity contribution in [1.29, 1.82) is 0 Å². The molecule has 2 heterocycles. The molecular formula is C22H18F5N7O. The summed E-state index contributed by atoms with van der Waals surface area (Å²) >= 11 is 0. The fourth-order valence-corrected chi connectivity index (χ4v) is 3.41. The second-order valence-electron chi connectivity index (χ2n) is 7.81. The molecule has 0 unspecified atom stereocenters. The number of rotatable bonds is 4. The summed E-state index contributed by atoms with van der Waals surface area (Å²) in [6.45, 7) is 3.73. The normalized spacial score (nSPS) is 11.8. The van der Waals surface area contributed by atoms with Gasteiger partial charge in [0.2, 0.25) is 0 Å². The number of alkyl halides is 3. The van der Waals surface area contributed by atoms with Crippen molar-refractivity contribution in [2.24, 2.45) is 0 Å². The van der Waals surface area contributed by atoms with Gasteiger partial charge in [-0.25, -0.2) is 28.2 Å². The maximum atomic E-state index is 15.0. The van der Waals surface area contributed by atoms with Gasteiger partial charge >= 0.3 is 12.2 Å². The van der Waals surface area contributed by atoms with Gasteiger partial charge in [0.15, 0.2) is 5.65 Å². The predicted octanol–water partition coefficient (Wildman–Crippen LogP) is 5.60. The number of nitrogens with one attached hydrogen (secondary N) is 2. The molecule has 2 amide bonds. The molecule has 182 valence electrons. The Labute approximate surface area is 195 Å². The van der Waals surface area contributed by atoms with Gasteiger partial charge in [-0.3, -0.25) is 0 Å². The zero-order valence-corrected chi connectivity index (χ0v) is 18.3. The molecule has 0 aliphatic carbocycles. The third-order valence-electron chi connectivity index (χ3n) is 5.03. The van der Waals surface area contributed by atoms with Crippen LogP contribution in [0, 0.1) is 11.6 Å². The quantitative estimate of drug-likeness (QED) is 0.322. The van der Waals surface area contributed by atoms with Crippen LogP contribution >= 0.6 is 0 Å². The first kappa shape index (κ1) is 23.9. The first-order chi connectivity index (χ1) is 16.5. The number of halogens is 5. The van der Waals surface area contributed by atoms with Gasteiger partial charge in [-0.15, -0.1) is 0 Å². The number of nitrogen functional groups attached to an aromatic ring is 1. The standard InChI is InChI=1S/C22H18F5N7O/c1-10(2)34-20-17(19(28)29-9-30-20)18(33-34)13-5-4-12(8-15(13)24)31-21(35)32-16-7-11(22(25,26)27)3-6-14(16)23/h3-10H,1-2H3,(H2,28,29,30)(H2,31,32,35). The minimum Gasteiger partial charge on any atom is -0.383 e. The van der Waals surface area contributed by atoms with E-state index in [-0.39, 0.29) is 28.8 Å². The summed E-state index contributed by atoms with van der Waals surface area (Å²) in [4.78, 5) is 20.3. The third kappa shape index (κ3) is 4.69. The second kappa shape index (κ2) is 8.81. The summed E-state index contributed by atoms with van der Waals surface area (Å²) in [5.74, 6) is -1.73. The lowest BCUT2D eigenvalue weighted by molar-refractivity contribution is -0.137. The first-order valence-electron chi connectivity index (χ1n) is 10.2. The SMILES string of the molecule is CC(C)n1nc(-c2ccc(NC(=O)Nc3cc(C(F)(F)F)ccc3F)cc2F)c2c(N)ncnc21. The summed E-state index contributed by atoms with van der Waals surface area (Å²) in [5.41, 5.74) is 4.81. The predicted molar refractivity (Wildman–Crippen MR) is 120 cm³/mol. The Morgan fingerprint density at radius 3 is 2.43 bits per heavy atom. The second-order valence-corrected chi connectivity index (χ2v) is 7.81. The van der Waals surface area contributed by atoms with Crippen molar-refractivity contribution in [3.8, 4) is 11.3 Å². The highest BCUT2D eigenvalue weighted by Crippen LogP contribution is 2.34. The summed E-state index contributed by atoms with van der Waals surface area (Å²) in [7, 11) is 0. The number of benzene rings is 2. The summed E-state index contributed by atoms with van der Waals surface area (Å²) in [6.07, 6.45) is -3.45. The summed E-state index contributed by atoms with van der Waals surface area (Å²) in [6, 6.07) is 4.10. The van der Waals surface area contributed by atoms with Gasteiger partial charge in [0.1, 0.15) is 29.5 Å². The van der Waals surface area contributed by atoms with Gasteiger partial charge in [0.25, 0.3) is 0 Å². The van der Waals surface area contributed by atoms with Crippen molar-refractivity contribution in [3.63, 3.8) is 0 Å². The molecule has 8 nitrogen and oxygen atoms in total. The number of hydrogen-bond donors (Lipinski definition) is 3. The lowest BCUT2D eigenvalue weighted by Gasteiger charge is -2.12. The van der Waals surface area contributed by atoms with Crippen LogP contribution in [-0.4, -0.2) is 25.8 Å². The molecule has 4 N–H and O–H groups in total. The van der Waals surface area contributed by atoms with E-state index < -0.39 is 35.1 Å². The molecule has 2 aromatic carbocycles. The van der Waals surface area contributed by atoms with E-state index in [0.29, 0.717) is 29.2 Å². The molecule has 0 radical (unpaired) electrons. The fourth-order valence-electron chi connectivity index (χ4n) is 3.41. The Hall–Kier alpha value is -4.29. The molecule has 0 aliphatic rings. The van der Waals surface area contributed by atoms with Gasteiger partial charge in [-0.2, -0.15) is 18.3 Å². The smallest absolute Gasteiger partial charge is 0.383 e. The van der Waals surface area contributed by atoms with E-state index in [0.717, 1.165) is 6.07 Å². The number of carbonyl (C=O) groups is 1. The van der Waals surface area contributed by atoms with Gasteiger partial charge in [-0.1, -0.05) is 0 Å². The highest BCUT2D eigenvalue weighted by Gasteiger charge is 2.31. The lowest BCUT2D eigenvalue weighted by Crippen LogP contribution is -2.20. The van der Waals surface area contributed by atoms with E-state index >= 15 is 4.39 Å². The van der Waals surface area contributed by atoms with Crippen molar-refractivity contribution in [2.45, 2.75) is 26.1 Å². The Bertz CT molecular complexity index is 1430. The number of nitrogens with zero attached hydrogens (tertiary/aromatic N) is 4. The van der Waals surface area contributed by atoms with Crippen molar-refractivity contribution in [1.82, 2.24) is 19.7 Å². The molecular weight excluding hydrogens is 473 g/mol. The van der Waals surface area contributed by atoms with Crippen LogP contribution in [0.25, 0.3) is 22.3 Å². The van der Waals surface area contributed by atoms with Gasteiger partial charge in [0.05, 0.1) is 16.6 Å². The molecule has 0 atom stereocenters. The lowest BCUT2D eigenvalue weighted by atomic mass is 10.1. The van der Waals surface area contributed by atoms with Crippen LogP contribution in [0.1, 0.15) is 25.5 Å². The number of carbonyl (C=O) groups excluding carboxylic acids is 1. The van der Waals surface area contributed by atoms with Crippen molar-refractivity contribution < 1.29 is 26.7 Å². The fraction of sp³-hybridized carbons (Fsp3) is 0.182. The molecule has 0 saturated carbocycles. The van der Waals surface area contributed by atoms with E-state index in [4.69, 9.17) is 5.73 Å². The number of amides is 2. The van der Waals surface area contributed by atoms with E-state index in [2.05, 4.69) is 20.4 Å². The average Bonchev–Trinajstić information content (AvgIpc) is 3.15. The number of hydrogen-bond acceptors (Lipinski definition) is 5. The maximum absolute atomic E-state index is 15.0. The number of nitrogens with two attached hydrogens (primary N) is 1. The zero-order chi connectivity index (χ0) is 25.5. The molecule has 0 saturated heterocycles. The van der Waals surface area contributed by atoms with Crippen molar-refractivity contribution >= 4 is 34.3 Å². The topological polar surface area (TPSA) is 111 Å². The third-order valence-corrected chi connectivity index (χ3v) is 5.03. The molecule has 35 heavy (non-hydrogen) atoms. The number of anilines is 3. The van der Waals surface area contributed by atoms with Crippen molar-refractivity contribution in [2.75, 3.05) is 16.4 Å². The number of aromatic nitrogens is 4. The molecule has 4 aromatic rings. The Balaban J connectivity index is 1.60. The molecule has 13 heteroatoms. The minimum absolute atomic E-state index is 0.0343. The number of fused-ring (bicyclic) bond motifs is 1. The van der Waals surface area contributed by atoms with Gasteiger partial charge in [0, 0.05) is 17.3 Å². The van der Waals surface area contributed by atoms with Crippen LogP contribution in [0.2, 0.25) is 0 Å². The van der Waals surface area contributed by atoms with E-state index in [1.807, 2.05) is 19.2 Å². The zero-order valence-electron chi connectivity index (χ0n) is 18.3. The Morgan fingerprint density at radius 2 is 1.77 bits per heavy atom. The maximum Gasteiger partial charge on any atom is 0.416 e. The first-order valence-corrected chi connectivity index (χ1v) is 10.2. The highest BCUT2D eigenvalue weighted by molar-refractivity contribution is 6.01. The molecule has 2 aromatic heterocycles. The average molecular weight is 491 g/mol. The largest absolute Gasteiger partial charge is 0.416 e.